The van der Waals surface area contributed by atoms with Crippen LogP contribution in [0.5, 0.6) is 0 Å². The number of carboxylic acids is 1. The molecule has 2 heteroatoms. The molecule has 1 N–H and O–H groups in total. The lowest BCUT2D eigenvalue weighted by atomic mass is 9.90. The van der Waals surface area contributed by atoms with Crippen molar-refractivity contribution in [2.24, 2.45) is 0 Å². The van der Waals surface area contributed by atoms with Crippen molar-refractivity contribution < 1.29 is 9.90 Å². The average Bonchev–Trinajstić information content (AvgIpc) is 2.36. The van der Waals surface area contributed by atoms with E-state index in [1.165, 1.54) is 0 Å². The molecule has 0 fully saturated rings. The second-order valence-electron chi connectivity index (χ2n) is 3.95. The number of benzene rings is 2. The average molecular weight is 224 g/mol. The van der Waals surface area contributed by atoms with Gasteiger partial charge in [0, 0.05) is 5.56 Å². The summed E-state index contributed by atoms with van der Waals surface area (Å²) in [7, 11) is 0. The van der Waals surface area contributed by atoms with Crippen LogP contribution < -0.4 is 0 Å². The first-order valence-corrected chi connectivity index (χ1v) is 5.36. The fourth-order valence-corrected chi connectivity index (χ4v) is 2.01. The quantitative estimate of drug-likeness (QED) is 0.796. The first-order valence-electron chi connectivity index (χ1n) is 5.36. The maximum atomic E-state index is 11.1. The van der Waals surface area contributed by atoms with Gasteiger partial charge in [0.2, 0.25) is 0 Å². The van der Waals surface area contributed by atoms with Gasteiger partial charge >= 0.3 is 5.97 Å². The number of carboxylic acid groups (broad SMARTS) is 1. The molecule has 2 aromatic rings. The Morgan fingerprint density at radius 1 is 1.29 bits per heavy atom. The van der Waals surface area contributed by atoms with E-state index in [9.17, 15) is 4.79 Å². The predicted molar refractivity (Wildman–Crippen MR) is 67.9 cm³/mol. The maximum Gasteiger partial charge on any atom is 0.310 e. The minimum absolute atomic E-state index is 0.604. The molecule has 2 nitrogen and oxygen atoms in total. The Morgan fingerprint density at radius 2 is 2.00 bits per heavy atom. The summed E-state index contributed by atoms with van der Waals surface area (Å²) in [6.07, 6.45) is 5.44. The van der Waals surface area contributed by atoms with Crippen LogP contribution in [-0.2, 0) is 4.79 Å². The van der Waals surface area contributed by atoms with Gasteiger partial charge in [-0.3, -0.25) is 4.79 Å². The molecule has 84 valence electrons. The van der Waals surface area contributed by atoms with E-state index in [2.05, 4.69) is 5.92 Å². The lowest BCUT2D eigenvalue weighted by Gasteiger charge is -2.13. The van der Waals surface area contributed by atoms with E-state index in [1.807, 2.05) is 30.3 Å². The van der Waals surface area contributed by atoms with Crippen molar-refractivity contribution in [1.82, 2.24) is 0 Å². The standard InChI is InChI=1S/C15H12O2/c1-3-11-8-9-12-6-4-5-7-13(12)14(11)10(2)15(16)17/h1,4-10H,2H3,(H,16,17). The Labute approximate surface area is 99.9 Å². The minimum atomic E-state index is -0.863. The van der Waals surface area contributed by atoms with Crippen molar-refractivity contribution >= 4 is 16.7 Å². The summed E-state index contributed by atoms with van der Waals surface area (Å²) in [5.41, 5.74) is 1.37. The Bertz CT molecular complexity index is 620. The second-order valence-corrected chi connectivity index (χ2v) is 3.95. The lowest BCUT2D eigenvalue weighted by Crippen LogP contribution is -2.09. The molecular weight excluding hydrogens is 212 g/mol. The summed E-state index contributed by atoms with van der Waals surface area (Å²) in [5, 5.41) is 11.1. The fourth-order valence-electron chi connectivity index (χ4n) is 2.01. The third-order valence-corrected chi connectivity index (χ3v) is 2.93. The number of aliphatic carboxylic acids is 1. The van der Waals surface area contributed by atoms with E-state index in [0.717, 1.165) is 16.3 Å². The number of terminal acetylenes is 1. The van der Waals surface area contributed by atoms with Gasteiger partial charge in [-0.05, 0) is 29.3 Å². The Balaban J connectivity index is 2.81. The molecule has 17 heavy (non-hydrogen) atoms. The van der Waals surface area contributed by atoms with E-state index in [4.69, 9.17) is 11.5 Å². The SMILES string of the molecule is C#Cc1ccc2ccccc2c1C(C)C(=O)O. The second kappa shape index (κ2) is 4.31. The molecule has 2 rings (SSSR count). The van der Waals surface area contributed by atoms with Crippen LogP contribution in [-0.4, -0.2) is 11.1 Å². The Hall–Kier alpha value is -2.27. The van der Waals surface area contributed by atoms with E-state index < -0.39 is 11.9 Å². The van der Waals surface area contributed by atoms with E-state index in [-0.39, 0.29) is 0 Å². The van der Waals surface area contributed by atoms with Crippen LogP contribution in [0.15, 0.2) is 36.4 Å². The van der Waals surface area contributed by atoms with Gasteiger partial charge in [-0.1, -0.05) is 36.3 Å². The summed E-state index contributed by atoms with van der Waals surface area (Å²) in [4.78, 5) is 11.1. The molecule has 0 saturated carbocycles. The molecule has 1 unspecified atom stereocenters. The number of fused-ring (bicyclic) bond motifs is 1. The zero-order valence-electron chi connectivity index (χ0n) is 9.47. The van der Waals surface area contributed by atoms with Crippen LogP contribution in [0.25, 0.3) is 10.8 Å². The monoisotopic (exact) mass is 224 g/mol. The number of rotatable bonds is 2. The molecule has 0 amide bonds. The minimum Gasteiger partial charge on any atom is -0.481 e. The van der Waals surface area contributed by atoms with Crippen LogP contribution in [0.4, 0.5) is 0 Å². The normalized spacial score (nSPS) is 12.0. The van der Waals surface area contributed by atoms with Crippen molar-refractivity contribution in [2.45, 2.75) is 12.8 Å². The maximum absolute atomic E-state index is 11.1. The summed E-state index contributed by atoms with van der Waals surface area (Å²) >= 11 is 0. The molecule has 0 aliphatic carbocycles. The van der Waals surface area contributed by atoms with Gasteiger partial charge in [-0.15, -0.1) is 6.42 Å². The number of hydrogen-bond donors (Lipinski definition) is 1. The van der Waals surface area contributed by atoms with Crippen LogP contribution in [0, 0.1) is 12.3 Å². The molecule has 2 aromatic carbocycles. The van der Waals surface area contributed by atoms with Crippen molar-refractivity contribution in [3.63, 3.8) is 0 Å². The molecule has 0 bridgehead atoms. The molecule has 1 atom stereocenters. The van der Waals surface area contributed by atoms with E-state index in [1.54, 1.807) is 13.0 Å². The zero-order valence-corrected chi connectivity index (χ0v) is 9.47. The first-order chi connectivity index (χ1) is 8.15. The fraction of sp³-hybridized carbons (Fsp3) is 0.133. The number of hydrogen-bond acceptors (Lipinski definition) is 1. The van der Waals surface area contributed by atoms with Crippen molar-refractivity contribution in [3.8, 4) is 12.3 Å². The highest BCUT2D eigenvalue weighted by atomic mass is 16.4. The smallest absolute Gasteiger partial charge is 0.310 e. The summed E-state index contributed by atoms with van der Waals surface area (Å²) < 4.78 is 0. The third kappa shape index (κ3) is 1.88. The summed E-state index contributed by atoms with van der Waals surface area (Å²) in [6.45, 7) is 1.66. The summed E-state index contributed by atoms with van der Waals surface area (Å²) in [6, 6.07) is 11.4. The molecule has 0 aromatic heterocycles. The Kier molecular flexibility index (Phi) is 2.84. The molecule has 0 spiro atoms. The van der Waals surface area contributed by atoms with Gasteiger partial charge in [0.15, 0.2) is 0 Å². The predicted octanol–water partition coefficient (Wildman–Crippen LogP) is 3.01. The third-order valence-electron chi connectivity index (χ3n) is 2.93. The van der Waals surface area contributed by atoms with E-state index in [0.29, 0.717) is 5.56 Å². The van der Waals surface area contributed by atoms with Gasteiger partial charge in [0.1, 0.15) is 0 Å². The largest absolute Gasteiger partial charge is 0.481 e. The van der Waals surface area contributed by atoms with Crippen molar-refractivity contribution in [3.05, 3.63) is 47.5 Å². The highest BCUT2D eigenvalue weighted by molar-refractivity contribution is 5.92. The highest BCUT2D eigenvalue weighted by Crippen LogP contribution is 2.29. The van der Waals surface area contributed by atoms with Gasteiger partial charge in [-0.2, -0.15) is 0 Å². The molecule has 0 saturated heterocycles. The topological polar surface area (TPSA) is 37.3 Å². The molecule has 0 aliphatic heterocycles. The Morgan fingerprint density at radius 3 is 2.65 bits per heavy atom. The molecule has 0 heterocycles. The highest BCUT2D eigenvalue weighted by Gasteiger charge is 2.19. The zero-order chi connectivity index (χ0) is 12.4. The van der Waals surface area contributed by atoms with Crippen LogP contribution in [0.1, 0.15) is 24.0 Å². The number of carbonyl (C=O) groups is 1. The molecule has 0 radical (unpaired) electrons. The van der Waals surface area contributed by atoms with Crippen LogP contribution in [0.2, 0.25) is 0 Å². The van der Waals surface area contributed by atoms with Gasteiger partial charge < -0.3 is 5.11 Å². The lowest BCUT2D eigenvalue weighted by molar-refractivity contribution is -0.138. The van der Waals surface area contributed by atoms with Crippen molar-refractivity contribution in [1.29, 1.82) is 0 Å². The molecule has 0 aliphatic rings. The summed E-state index contributed by atoms with van der Waals surface area (Å²) in [5.74, 6) is 1.09. The van der Waals surface area contributed by atoms with Gasteiger partial charge in [-0.25, -0.2) is 0 Å². The van der Waals surface area contributed by atoms with Gasteiger partial charge in [0.25, 0.3) is 0 Å². The van der Waals surface area contributed by atoms with Crippen LogP contribution >= 0.6 is 0 Å². The van der Waals surface area contributed by atoms with E-state index >= 15 is 0 Å². The van der Waals surface area contributed by atoms with Gasteiger partial charge in [0.05, 0.1) is 5.92 Å². The molecular formula is C15H12O2. The first kappa shape index (κ1) is 11.2. The van der Waals surface area contributed by atoms with Crippen LogP contribution in [0.3, 0.4) is 0 Å². The van der Waals surface area contributed by atoms with Crippen molar-refractivity contribution in [2.75, 3.05) is 0 Å².